The predicted molar refractivity (Wildman–Crippen MR) is 61.3 cm³/mol. The van der Waals surface area contributed by atoms with Crippen molar-refractivity contribution in [3.05, 3.63) is 0 Å². The molecule has 0 saturated heterocycles. The van der Waals surface area contributed by atoms with Crippen molar-refractivity contribution < 1.29 is 5.11 Å². The van der Waals surface area contributed by atoms with Gasteiger partial charge in [0.25, 0.3) is 0 Å². The van der Waals surface area contributed by atoms with E-state index in [2.05, 4.69) is 13.0 Å². The highest BCUT2D eigenvalue weighted by Crippen LogP contribution is 2.38. The summed E-state index contributed by atoms with van der Waals surface area (Å²) in [6, 6.07) is 2.42. The number of hydrogen-bond acceptors (Lipinski definition) is 2. The molecule has 0 radical (unpaired) electrons. The number of aliphatic hydroxyl groups excluding tert-OH is 1. The fourth-order valence-corrected chi connectivity index (χ4v) is 2.61. The molecule has 0 heterocycles. The van der Waals surface area contributed by atoms with E-state index in [-0.39, 0.29) is 0 Å². The maximum absolute atomic E-state index is 10.1. The van der Waals surface area contributed by atoms with Gasteiger partial charge in [0.15, 0.2) is 0 Å². The number of rotatable bonds is 3. The Morgan fingerprint density at radius 1 is 1.20 bits per heavy atom. The highest BCUT2D eigenvalue weighted by molar-refractivity contribution is 5.03. The van der Waals surface area contributed by atoms with Crippen molar-refractivity contribution in [1.82, 2.24) is 0 Å². The average Bonchev–Trinajstić information content (AvgIpc) is 2.18. The van der Waals surface area contributed by atoms with Crippen LogP contribution in [0.1, 0.15) is 64.7 Å². The fraction of sp³-hybridized carbons (Fsp3) is 0.923. The molecule has 1 fully saturated rings. The summed E-state index contributed by atoms with van der Waals surface area (Å²) in [4.78, 5) is 0. The third-order valence-electron chi connectivity index (χ3n) is 3.67. The first-order valence-corrected chi connectivity index (χ1v) is 6.34. The minimum atomic E-state index is -0.434. The molecule has 1 unspecified atom stereocenters. The Morgan fingerprint density at radius 3 is 2.20 bits per heavy atom. The summed E-state index contributed by atoms with van der Waals surface area (Å²) in [5, 5.41) is 19.5. The third kappa shape index (κ3) is 3.21. The van der Waals surface area contributed by atoms with Gasteiger partial charge in [-0.2, -0.15) is 5.26 Å². The molecule has 0 bridgehead atoms. The standard InChI is InChI=1S/C13H23NO/c1-2-8-12(15)13(11-14)9-6-4-3-5-7-10-13/h12,15H,2-10H2,1H3. The minimum absolute atomic E-state index is 0.411. The highest BCUT2D eigenvalue weighted by Gasteiger charge is 2.37. The second-order valence-electron chi connectivity index (χ2n) is 4.84. The van der Waals surface area contributed by atoms with Gasteiger partial charge in [-0.25, -0.2) is 0 Å². The molecule has 2 nitrogen and oxygen atoms in total. The Hall–Kier alpha value is -0.550. The largest absolute Gasteiger partial charge is 0.391 e. The molecule has 1 N–H and O–H groups in total. The topological polar surface area (TPSA) is 44.0 Å². The zero-order valence-electron chi connectivity index (χ0n) is 9.84. The van der Waals surface area contributed by atoms with E-state index in [9.17, 15) is 10.4 Å². The van der Waals surface area contributed by atoms with E-state index in [1.165, 1.54) is 19.3 Å². The van der Waals surface area contributed by atoms with E-state index in [0.29, 0.717) is 0 Å². The molecular weight excluding hydrogens is 186 g/mol. The number of nitrogens with zero attached hydrogens (tertiary/aromatic N) is 1. The van der Waals surface area contributed by atoms with Crippen molar-refractivity contribution in [2.24, 2.45) is 5.41 Å². The maximum Gasteiger partial charge on any atom is 0.0832 e. The summed E-state index contributed by atoms with van der Waals surface area (Å²) < 4.78 is 0. The SMILES string of the molecule is CCCC(O)C1(C#N)CCCCCCC1. The van der Waals surface area contributed by atoms with Gasteiger partial charge >= 0.3 is 0 Å². The molecule has 0 spiro atoms. The lowest BCUT2D eigenvalue weighted by Gasteiger charge is -2.33. The van der Waals surface area contributed by atoms with Crippen LogP contribution in [0, 0.1) is 16.7 Å². The summed E-state index contributed by atoms with van der Waals surface area (Å²) in [6.45, 7) is 2.07. The Morgan fingerprint density at radius 2 is 1.73 bits per heavy atom. The monoisotopic (exact) mass is 209 g/mol. The molecular formula is C13H23NO. The molecule has 2 heteroatoms. The van der Waals surface area contributed by atoms with Gasteiger partial charge < -0.3 is 5.11 Å². The smallest absolute Gasteiger partial charge is 0.0832 e. The van der Waals surface area contributed by atoms with Gasteiger partial charge in [-0.3, -0.25) is 0 Å². The lowest BCUT2D eigenvalue weighted by Crippen LogP contribution is -2.34. The molecule has 1 aliphatic rings. The zero-order chi connectivity index (χ0) is 11.1. The Bertz CT molecular complexity index is 211. The van der Waals surface area contributed by atoms with Crippen molar-refractivity contribution in [2.75, 3.05) is 0 Å². The first-order chi connectivity index (χ1) is 7.25. The molecule has 86 valence electrons. The molecule has 0 aromatic heterocycles. The molecule has 15 heavy (non-hydrogen) atoms. The molecule has 1 rings (SSSR count). The van der Waals surface area contributed by atoms with Gasteiger partial charge in [0.2, 0.25) is 0 Å². The van der Waals surface area contributed by atoms with Crippen LogP contribution in [-0.4, -0.2) is 11.2 Å². The summed E-state index contributed by atoms with van der Waals surface area (Å²) in [6.07, 6.45) is 9.07. The number of nitriles is 1. The van der Waals surface area contributed by atoms with Crippen molar-refractivity contribution in [3.8, 4) is 6.07 Å². The third-order valence-corrected chi connectivity index (χ3v) is 3.67. The molecule has 1 saturated carbocycles. The predicted octanol–water partition coefficient (Wildman–Crippen LogP) is 3.40. The molecule has 1 atom stereocenters. The minimum Gasteiger partial charge on any atom is -0.391 e. The van der Waals surface area contributed by atoms with Crippen molar-refractivity contribution in [2.45, 2.75) is 70.8 Å². The summed E-state index contributed by atoms with van der Waals surface area (Å²) >= 11 is 0. The first-order valence-electron chi connectivity index (χ1n) is 6.34. The summed E-state index contributed by atoms with van der Waals surface area (Å²) in [5.41, 5.74) is -0.434. The van der Waals surface area contributed by atoms with Gasteiger partial charge in [0, 0.05) is 0 Å². The van der Waals surface area contributed by atoms with E-state index < -0.39 is 11.5 Å². The molecule has 0 aromatic carbocycles. The van der Waals surface area contributed by atoms with Crippen LogP contribution in [-0.2, 0) is 0 Å². The highest BCUT2D eigenvalue weighted by atomic mass is 16.3. The number of hydrogen-bond donors (Lipinski definition) is 1. The molecule has 0 amide bonds. The van der Waals surface area contributed by atoms with E-state index >= 15 is 0 Å². The van der Waals surface area contributed by atoms with Crippen molar-refractivity contribution in [1.29, 1.82) is 5.26 Å². The Kier molecular flexibility index (Phi) is 5.11. The van der Waals surface area contributed by atoms with Crippen LogP contribution in [0.5, 0.6) is 0 Å². The Balaban J connectivity index is 2.66. The van der Waals surface area contributed by atoms with Gasteiger partial charge in [-0.15, -0.1) is 0 Å². The Labute approximate surface area is 93.3 Å². The van der Waals surface area contributed by atoms with Crippen LogP contribution in [0.3, 0.4) is 0 Å². The van der Waals surface area contributed by atoms with Crippen molar-refractivity contribution in [3.63, 3.8) is 0 Å². The van der Waals surface area contributed by atoms with E-state index in [0.717, 1.165) is 38.5 Å². The maximum atomic E-state index is 10.1. The lowest BCUT2D eigenvalue weighted by atomic mass is 9.72. The molecule has 0 aliphatic heterocycles. The van der Waals surface area contributed by atoms with Crippen LogP contribution in [0.15, 0.2) is 0 Å². The fourth-order valence-electron chi connectivity index (χ4n) is 2.61. The van der Waals surface area contributed by atoms with E-state index in [1.54, 1.807) is 0 Å². The quantitative estimate of drug-likeness (QED) is 0.774. The first kappa shape index (κ1) is 12.5. The average molecular weight is 209 g/mol. The van der Waals surface area contributed by atoms with E-state index in [4.69, 9.17) is 0 Å². The van der Waals surface area contributed by atoms with Gasteiger partial charge in [-0.05, 0) is 19.3 Å². The van der Waals surface area contributed by atoms with Crippen LogP contribution in [0.2, 0.25) is 0 Å². The zero-order valence-corrected chi connectivity index (χ0v) is 9.84. The lowest BCUT2D eigenvalue weighted by molar-refractivity contribution is 0.0374. The summed E-state index contributed by atoms with van der Waals surface area (Å²) in [7, 11) is 0. The summed E-state index contributed by atoms with van der Waals surface area (Å²) in [5.74, 6) is 0. The van der Waals surface area contributed by atoms with Gasteiger partial charge in [0.1, 0.15) is 0 Å². The van der Waals surface area contributed by atoms with Gasteiger partial charge in [0.05, 0.1) is 17.6 Å². The molecule has 0 aromatic rings. The van der Waals surface area contributed by atoms with Crippen LogP contribution < -0.4 is 0 Å². The van der Waals surface area contributed by atoms with Crippen LogP contribution >= 0.6 is 0 Å². The van der Waals surface area contributed by atoms with Gasteiger partial charge in [-0.1, -0.05) is 45.4 Å². The molecule has 1 aliphatic carbocycles. The van der Waals surface area contributed by atoms with E-state index in [1.807, 2.05) is 0 Å². The van der Waals surface area contributed by atoms with Crippen molar-refractivity contribution >= 4 is 0 Å². The normalized spacial score (nSPS) is 23.5. The number of aliphatic hydroxyl groups is 1. The van der Waals surface area contributed by atoms with Crippen LogP contribution in [0.4, 0.5) is 0 Å². The second kappa shape index (κ2) is 6.12. The van der Waals surface area contributed by atoms with Crippen LogP contribution in [0.25, 0.3) is 0 Å². The second-order valence-corrected chi connectivity index (χ2v) is 4.84.